The first-order valence-electron chi connectivity index (χ1n) is 6.40. The van der Waals surface area contributed by atoms with Gasteiger partial charge < -0.3 is 10.2 Å². The molecule has 0 aliphatic carbocycles. The van der Waals surface area contributed by atoms with E-state index in [1.807, 2.05) is 31.4 Å². The van der Waals surface area contributed by atoms with Crippen molar-refractivity contribution in [2.24, 2.45) is 0 Å². The van der Waals surface area contributed by atoms with Crippen LogP contribution >= 0.6 is 11.3 Å². The van der Waals surface area contributed by atoms with E-state index in [4.69, 9.17) is 0 Å². The number of pyridine rings is 1. The van der Waals surface area contributed by atoms with E-state index in [1.54, 1.807) is 23.3 Å². The molecule has 2 heterocycles. The molecular formula is C14H17F2N3S. The number of hydrogen-bond acceptors (Lipinski definition) is 4. The molecule has 20 heavy (non-hydrogen) atoms. The van der Waals surface area contributed by atoms with Gasteiger partial charge in [-0.2, -0.15) is 0 Å². The van der Waals surface area contributed by atoms with Gasteiger partial charge in [0.15, 0.2) is 23.3 Å². The van der Waals surface area contributed by atoms with E-state index in [0.717, 1.165) is 10.9 Å². The van der Waals surface area contributed by atoms with Crippen LogP contribution in [0.2, 0.25) is 0 Å². The van der Waals surface area contributed by atoms with Crippen LogP contribution in [-0.2, 0) is 0 Å². The molecule has 0 aliphatic rings. The van der Waals surface area contributed by atoms with E-state index in [1.165, 1.54) is 0 Å². The average molecular weight is 297 g/mol. The van der Waals surface area contributed by atoms with Crippen LogP contribution in [0.1, 0.15) is 24.8 Å². The summed E-state index contributed by atoms with van der Waals surface area (Å²) in [5.74, 6) is -1.11. The minimum Gasteiger partial charge on any atom is -0.368 e. The number of aromatic nitrogens is 1. The summed E-state index contributed by atoms with van der Waals surface area (Å²) in [4.78, 5) is 6.87. The quantitative estimate of drug-likeness (QED) is 0.902. The number of anilines is 2. The zero-order valence-electron chi connectivity index (χ0n) is 11.7. The largest absolute Gasteiger partial charge is 0.368 e. The summed E-state index contributed by atoms with van der Waals surface area (Å²) >= 11 is 1.60. The Morgan fingerprint density at radius 1 is 1.40 bits per heavy atom. The molecule has 0 saturated heterocycles. The summed E-state index contributed by atoms with van der Waals surface area (Å²) in [5, 5.41) is 4.77. The van der Waals surface area contributed by atoms with Crippen molar-refractivity contribution in [2.75, 3.05) is 23.8 Å². The monoisotopic (exact) mass is 297 g/mol. The van der Waals surface area contributed by atoms with Gasteiger partial charge in [-0.1, -0.05) is 6.07 Å². The summed E-state index contributed by atoms with van der Waals surface area (Å²) in [6.45, 7) is 4.32. The highest BCUT2D eigenvalue weighted by Crippen LogP contribution is 2.30. The molecule has 2 aromatic rings. The molecule has 0 aromatic carbocycles. The van der Waals surface area contributed by atoms with Crippen LogP contribution in [0.4, 0.5) is 20.4 Å². The van der Waals surface area contributed by atoms with Crippen molar-refractivity contribution < 1.29 is 8.78 Å². The maximum Gasteiger partial charge on any atom is 0.168 e. The third kappa shape index (κ3) is 2.90. The lowest BCUT2D eigenvalue weighted by atomic mass is 10.2. The summed E-state index contributed by atoms with van der Waals surface area (Å²) in [5.41, 5.74) is 0. The van der Waals surface area contributed by atoms with Gasteiger partial charge >= 0.3 is 0 Å². The van der Waals surface area contributed by atoms with Crippen molar-refractivity contribution in [3.05, 3.63) is 40.1 Å². The molecule has 0 amide bonds. The Balaban J connectivity index is 2.33. The van der Waals surface area contributed by atoms with E-state index < -0.39 is 11.6 Å². The van der Waals surface area contributed by atoms with Crippen LogP contribution < -0.4 is 10.2 Å². The van der Waals surface area contributed by atoms with Crippen LogP contribution in [0.25, 0.3) is 0 Å². The van der Waals surface area contributed by atoms with Crippen LogP contribution in [-0.4, -0.2) is 18.6 Å². The Bertz CT molecular complexity index is 572. The number of nitrogens with zero attached hydrogens (tertiary/aromatic N) is 2. The highest BCUT2D eigenvalue weighted by atomic mass is 32.1. The van der Waals surface area contributed by atoms with Gasteiger partial charge in [0.1, 0.15) is 0 Å². The molecular weight excluding hydrogens is 280 g/mol. The van der Waals surface area contributed by atoms with Gasteiger partial charge in [0, 0.05) is 24.5 Å². The smallest absolute Gasteiger partial charge is 0.168 e. The van der Waals surface area contributed by atoms with Crippen molar-refractivity contribution in [2.45, 2.75) is 19.9 Å². The molecule has 0 fully saturated rings. The second-order valence-electron chi connectivity index (χ2n) is 4.46. The summed E-state index contributed by atoms with van der Waals surface area (Å²) in [6, 6.07) is 4.77. The Labute approximate surface area is 121 Å². The second-order valence-corrected chi connectivity index (χ2v) is 5.44. The minimum absolute atomic E-state index is 0.0306. The molecule has 6 heteroatoms. The molecule has 0 aliphatic heterocycles. The van der Waals surface area contributed by atoms with Crippen molar-refractivity contribution in [3.8, 4) is 0 Å². The normalized spacial score (nSPS) is 12.2. The number of hydrogen-bond donors (Lipinski definition) is 1. The maximum absolute atomic E-state index is 14.0. The van der Waals surface area contributed by atoms with E-state index in [-0.39, 0.29) is 17.7 Å². The molecule has 3 nitrogen and oxygen atoms in total. The van der Waals surface area contributed by atoms with Crippen molar-refractivity contribution >= 4 is 23.0 Å². The average Bonchev–Trinajstić information content (AvgIpc) is 2.94. The number of thiophene rings is 1. The molecule has 2 rings (SSSR count). The topological polar surface area (TPSA) is 28.2 Å². The summed E-state index contributed by atoms with van der Waals surface area (Å²) < 4.78 is 27.5. The van der Waals surface area contributed by atoms with Crippen molar-refractivity contribution in [1.82, 2.24) is 4.98 Å². The van der Waals surface area contributed by atoms with Crippen molar-refractivity contribution in [3.63, 3.8) is 0 Å². The van der Waals surface area contributed by atoms with Crippen LogP contribution in [0.5, 0.6) is 0 Å². The van der Waals surface area contributed by atoms with Crippen molar-refractivity contribution in [1.29, 1.82) is 0 Å². The number of halogens is 2. The van der Waals surface area contributed by atoms with Gasteiger partial charge in [-0.05, 0) is 25.3 Å². The van der Waals surface area contributed by atoms with Crippen LogP contribution in [0.15, 0.2) is 23.6 Å². The molecule has 108 valence electrons. The highest BCUT2D eigenvalue weighted by Gasteiger charge is 2.20. The van der Waals surface area contributed by atoms with Gasteiger partial charge in [0.25, 0.3) is 0 Å². The van der Waals surface area contributed by atoms with Crippen LogP contribution in [0.3, 0.4) is 0 Å². The van der Waals surface area contributed by atoms with Gasteiger partial charge in [-0.15, -0.1) is 11.3 Å². The van der Waals surface area contributed by atoms with Gasteiger partial charge in [0.2, 0.25) is 0 Å². The maximum atomic E-state index is 14.0. The van der Waals surface area contributed by atoms with Gasteiger partial charge in [-0.3, -0.25) is 0 Å². The molecule has 0 bridgehead atoms. The molecule has 1 atom stereocenters. The Morgan fingerprint density at radius 2 is 2.15 bits per heavy atom. The molecule has 0 saturated carbocycles. The minimum atomic E-state index is -0.676. The first kappa shape index (κ1) is 14.7. The lowest BCUT2D eigenvalue weighted by Gasteiger charge is -2.26. The SMILES string of the molecule is CCNc1nc(N(C)C(C)c2cccs2)c(F)cc1F. The molecule has 1 unspecified atom stereocenters. The Hall–Kier alpha value is -1.69. The lowest BCUT2D eigenvalue weighted by molar-refractivity contribution is 0.567. The second kappa shape index (κ2) is 6.17. The Kier molecular flexibility index (Phi) is 4.54. The summed E-state index contributed by atoms with van der Waals surface area (Å²) in [7, 11) is 1.75. The van der Waals surface area contributed by atoms with E-state index >= 15 is 0 Å². The fraction of sp³-hybridized carbons (Fsp3) is 0.357. The first-order valence-corrected chi connectivity index (χ1v) is 7.28. The third-order valence-electron chi connectivity index (χ3n) is 3.13. The zero-order valence-corrected chi connectivity index (χ0v) is 12.5. The number of rotatable bonds is 5. The first-order chi connectivity index (χ1) is 9.54. The predicted molar refractivity (Wildman–Crippen MR) is 79.5 cm³/mol. The van der Waals surface area contributed by atoms with E-state index in [0.29, 0.717) is 6.54 Å². The van der Waals surface area contributed by atoms with Gasteiger partial charge in [-0.25, -0.2) is 13.8 Å². The van der Waals surface area contributed by atoms with Gasteiger partial charge in [0.05, 0.1) is 6.04 Å². The fourth-order valence-corrected chi connectivity index (χ4v) is 2.73. The Morgan fingerprint density at radius 3 is 2.75 bits per heavy atom. The molecule has 1 N–H and O–H groups in total. The number of nitrogens with one attached hydrogen (secondary N) is 1. The fourth-order valence-electron chi connectivity index (χ4n) is 1.90. The molecule has 0 spiro atoms. The highest BCUT2D eigenvalue weighted by molar-refractivity contribution is 7.10. The molecule has 2 aromatic heterocycles. The lowest BCUT2D eigenvalue weighted by Crippen LogP contribution is -2.24. The molecule has 0 radical (unpaired) electrons. The van der Waals surface area contributed by atoms with Crippen LogP contribution in [0, 0.1) is 11.6 Å². The predicted octanol–water partition coefficient (Wildman–Crippen LogP) is 4.05. The third-order valence-corrected chi connectivity index (χ3v) is 4.17. The standard InChI is InChI=1S/C14H17F2N3S/c1-4-17-13-10(15)8-11(16)14(18-13)19(3)9(2)12-6-5-7-20-12/h5-9H,4H2,1-3H3,(H,17,18). The van der Waals surface area contributed by atoms with E-state index in [2.05, 4.69) is 10.3 Å². The summed E-state index contributed by atoms with van der Waals surface area (Å²) in [6.07, 6.45) is 0. The zero-order chi connectivity index (χ0) is 14.7. The van der Waals surface area contributed by atoms with E-state index in [9.17, 15) is 8.78 Å².